The van der Waals surface area contributed by atoms with Crippen LogP contribution in [0.5, 0.6) is 0 Å². The smallest absolute Gasteiger partial charge is 0.248 e. The summed E-state index contributed by atoms with van der Waals surface area (Å²) in [6, 6.07) is 15.7. The molecule has 0 spiro atoms. The monoisotopic (exact) mass is 564 g/mol. The van der Waals surface area contributed by atoms with Crippen molar-refractivity contribution in [1.82, 2.24) is 19.1 Å². The second-order valence-electron chi connectivity index (χ2n) is 12.0. The third kappa shape index (κ3) is 4.58. The Labute approximate surface area is 235 Å². The number of imidazole rings is 2. The van der Waals surface area contributed by atoms with Crippen LogP contribution in [-0.2, 0) is 0 Å². The van der Waals surface area contributed by atoms with Gasteiger partial charge in [-0.3, -0.25) is 0 Å². The van der Waals surface area contributed by atoms with Crippen LogP contribution in [0.4, 0.5) is 17.6 Å². The lowest BCUT2D eigenvalue weighted by atomic mass is 9.77. The summed E-state index contributed by atoms with van der Waals surface area (Å²) in [5.41, 5.74) is 6.35. The minimum Gasteiger partial charge on any atom is -0.393 e. The van der Waals surface area contributed by atoms with Crippen molar-refractivity contribution in [1.29, 1.82) is 0 Å². The van der Waals surface area contributed by atoms with Gasteiger partial charge in [0.25, 0.3) is 0 Å². The number of benzene rings is 2. The van der Waals surface area contributed by atoms with Crippen LogP contribution < -0.4 is 0 Å². The molecule has 2 unspecified atom stereocenters. The number of alkyl halides is 4. The number of rotatable bonds is 2. The summed E-state index contributed by atoms with van der Waals surface area (Å²) in [5.74, 6) is -5.69. The van der Waals surface area contributed by atoms with Crippen molar-refractivity contribution in [2.24, 2.45) is 11.8 Å². The van der Waals surface area contributed by atoms with Gasteiger partial charge in [-0.05, 0) is 36.3 Å². The topological polar surface area (TPSA) is 55.9 Å². The van der Waals surface area contributed by atoms with Gasteiger partial charge in [0.1, 0.15) is 0 Å². The van der Waals surface area contributed by atoms with Gasteiger partial charge in [0, 0.05) is 42.7 Å². The molecule has 1 N–H and O–H groups in total. The molecular weight excluding hydrogens is 532 g/mol. The van der Waals surface area contributed by atoms with Crippen molar-refractivity contribution in [2.45, 2.75) is 75.0 Å². The minimum absolute atomic E-state index is 0.00431. The highest BCUT2D eigenvalue weighted by Gasteiger charge is 2.47. The zero-order chi connectivity index (χ0) is 28.4. The molecule has 2 aliphatic heterocycles. The number of halogens is 4. The molecule has 41 heavy (non-hydrogen) atoms. The maximum atomic E-state index is 13.8. The molecule has 2 aromatic carbocycles. The fraction of sp³-hybridized carbons (Fsp3) is 0.438. The Kier molecular flexibility index (Phi) is 6.34. The van der Waals surface area contributed by atoms with E-state index < -0.39 is 23.9 Å². The predicted octanol–water partition coefficient (Wildman–Crippen LogP) is 7.53. The van der Waals surface area contributed by atoms with Crippen LogP contribution >= 0.6 is 0 Å². The van der Waals surface area contributed by atoms with Crippen LogP contribution in [0.15, 0.2) is 73.6 Å². The van der Waals surface area contributed by atoms with Gasteiger partial charge in [0.05, 0.1) is 54.6 Å². The molecule has 2 aliphatic carbocycles. The van der Waals surface area contributed by atoms with Crippen LogP contribution in [0.1, 0.15) is 68.2 Å². The summed E-state index contributed by atoms with van der Waals surface area (Å²) in [4.78, 5) is 8.34. The highest BCUT2D eigenvalue weighted by atomic mass is 19.3. The molecule has 2 saturated carbocycles. The van der Waals surface area contributed by atoms with E-state index in [-0.39, 0.29) is 50.1 Å². The third-order valence-electron chi connectivity index (χ3n) is 9.41. The molecule has 0 bridgehead atoms. The second-order valence-corrected chi connectivity index (χ2v) is 12.0. The molecule has 5 nitrogen and oxygen atoms in total. The first-order chi connectivity index (χ1) is 19.7. The lowest BCUT2D eigenvalue weighted by molar-refractivity contribution is -0.0990. The number of aromatic nitrogens is 4. The molecule has 0 saturated heterocycles. The predicted molar refractivity (Wildman–Crippen MR) is 147 cm³/mol. The third-order valence-corrected chi connectivity index (χ3v) is 9.41. The number of hydrogen-bond donors (Lipinski definition) is 1. The van der Waals surface area contributed by atoms with Crippen molar-refractivity contribution in [3.63, 3.8) is 0 Å². The number of fused-ring (bicyclic) bond motifs is 6. The van der Waals surface area contributed by atoms with E-state index in [0.717, 1.165) is 34.5 Å². The van der Waals surface area contributed by atoms with Gasteiger partial charge in [-0.2, -0.15) is 0 Å². The molecule has 5 atom stereocenters. The van der Waals surface area contributed by atoms with Gasteiger partial charge in [-0.1, -0.05) is 48.5 Å². The lowest BCUT2D eigenvalue weighted by Gasteiger charge is -2.37. The zero-order valence-electron chi connectivity index (χ0n) is 22.5. The number of aliphatic hydroxyl groups excluding tert-OH is 1. The summed E-state index contributed by atoms with van der Waals surface area (Å²) >= 11 is 0. The zero-order valence-corrected chi connectivity index (χ0v) is 22.5. The normalized spacial score (nSPS) is 28.6. The van der Waals surface area contributed by atoms with E-state index in [2.05, 4.69) is 26.7 Å². The first kappa shape index (κ1) is 26.4. The Hall–Kier alpha value is -3.46. The molecule has 0 amide bonds. The van der Waals surface area contributed by atoms with Crippen LogP contribution in [0.25, 0.3) is 22.5 Å². The molecule has 4 aromatic rings. The van der Waals surface area contributed by atoms with Crippen LogP contribution in [0, 0.1) is 11.8 Å². The average Bonchev–Trinajstić information content (AvgIpc) is 3.71. The molecule has 2 fully saturated rings. The van der Waals surface area contributed by atoms with E-state index in [4.69, 9.17) is 0 Å². The number of hydrogen-bond acceptors (Lipinski definition) is 3. The van der Waals surface area contributed by atoms with E-state index in [0.29, 0.717) is 6.42 Å². The van der Waals surface area contributed by atoms with Crippen molar-refractivity contribution in [3.8, 4) is 22.5 Å². The fourth-order valence-corrected chi connectivity index (χ4v) is 7.62. The van der Waals surface area contributed by atoms with Crippen molar-refractivity contribution >= 4 is 0 Å². The molecule has 4 heterocycles. The molecule has 4 aliphatic rings. The Morgan fingerprint density at radius 3 is 1.90 bits per heavy atom. The first-order valence-electron chi connectivity index (χ1n) is 14.4. The Morgan fingerprint density at radius 2 is 1.27 bits per heavy atom. The summed E-state index contributed by atoms with van der Waals surface area (Å²) in [6.45, 7) is 0. The summed E-state index contributed by atoms with van der Waals surface area (Å²) in [5, 5.41) is 10.3. The van der Waals surface area contributed by atoms with E-state index in [1.807, 2.05) is 47.2 Å². The van der Waals surface area contributed by atoms with Crippen LogP contribution in [0.3, 0.4) is 0 Å². The summed E-state index contributed by atoms with van der Waals surface area (Å²) in [6.07, 6.45) is 7.51. The maximum Gasteiger partial charge on any atom is 0.248 e. The Balaban J connectivity index is 0.000000135. The van der Waals surface area contributed by atoms with E-state index in [9.17, 15) is 22.7 Å². The van der Waals surface area contributed by atoms with E-state index >= 15 is 0 Å². The van der Waals surface area contributed by atoms with Gasteiger partial charge < -0.3 is 14.2 Å². The van der Waals surface area contributed by atoms with Crippen LogP contribution in [-0.4, -0.2) is 42.2 Å². The molecule has 214 valence electrons. The van der Waals surface area contributed by atoms with Crippen LogP contribution in [0.2, 0.25) is 0 Å². The van der Waals surface area contributed by atoms with Gasteiger partial charge in [-0.15, -0.1) is 0 Å². The Morgan fingerprint density at radius 1 is 0.707 bits per heavy atom. The average molecular weight is 565 g/mol. The minimum atomic E-state index is -2.69. The maximum absolute atomic E-state index is 13.8. The quantitative estimate of drug-likeness (QED) is 0.256. The first-order valence-corrected chi connectivity index (χ1v) is 14.4. The number of aliphatic hydroxyl groups is 1. The Bertz CT molecular complexity index is 1560. The van der Waals surface area contributed by atoms with Gasteiger partial charge in [0.15, 0.2) is 0 Å². The highest BCUT2D eigenvalue weighted by molar-refractivity contribution is 5.70. The molecular formula is C32H32F4N4O. The summed E-state index contributed by atoms with van der Waals surface area (Å²) in [7, 11) is 0. The SMILES string of the molecule is FC1(F)CCC[C@@H]([C@@H]2c3ccccc3-c3cncn32)C1.OC1CCC(F)(F)C[C@@H]1C1c2ccccc2-c2cncn21. The second kappa shape index (κ2) is 9.82. The lowest BCUT2D eigenvalue weighted by Crippen LogP contribution is -2.40. The van der Waals surface area contributed by atoms with Crippen molar-refractivity contribution < 1.29 is 22.7 Å². The highest BCUT2D eigenvalue weighted by Crippen LogP contribution is 2.51. The van der Waals surface area contributed by atoms with Gasteiger partial charge in [0.2, 0.25) is 11.8 Å². The number of nitrogens with zero attached hydrogens (tertiary/aromatic N) is 4. The summed E-state index contributed by atoms with van der Waals surface area (Å²) < 4.78 is 59.2. The van der Waals surface area contributed by atoms with Crippen molar-refractivity contribution in [3.05, 3.63) is 84.7 Å². The standard InChI is InChI=1S/C16H16F2N2O.C16H16F2N2/c17-16(18)6-5-14(21)12(7-16)15-11-4-2-1-3-10(11)13-8-19-9-20(13)15;17-16(18)7-3-4-11(8-16)15-13-6-2-1-5-12(13)14-9-19-10-20(14)15/h1-4,8-9,12,14-15,21H,5-7H2;1-2,5-6,9-11,15H,3-4,7-8H2/t12-,14?,15?;11-,15-/m01/s1. The molecule has 8 rings (SSSR count). The fourth-order valence-electron chi connectivity index (χ4n) is 7.62. The van der Waals surface area contributed by atoms with E-state index in [1.165, 1.54) is 5.56 Å². The van der Waals surface area contributed by atoms with Gasteiger partial charge in [-0.25, -0.2) is 27.5 Å². The van der Waals surface area contributed by atoms with E-state index in [1.54, 1.807) is 18.9 Å². The largest absolute Gasteiger partial charge is 0.393 e. The van der Waals surface area contributed by atoms with Crippen molar-refractivity contribution in [2.75, 3.05) is 0 Å². The molecule has 9 heteroatoms. The molecule has 2 aromatic heterocycles. The van der Waals surface area contributed by atoms with Gasteiger partial charge >= 0.3 is 0 Å². The molecule has 0 radical (unpaired) electrons.